The van der Waals surface area contributed by atoms with Gasteiger partial charge in [0.1, 0.15) is 5.41 Å². The van der Waals surface area contributed by atoms with E-state index in [0.29, 0.717) is 12.8 Å². The molecule has 1 aliphatic carbocycles. The highest BCUT2D eigenvalue weighted by Gasteiger charge is 2.51. The normalized spacial score (nSPS) is 18.5. The monoisotopic (exact) mass is 248 g/mol. The van der Waals surface area contributed by atoms with Gasteiger partial charge in [-0.2, -0.15) is 0 Å². The highest BCUT2D eigenvalue weighted by Crippen LogP contribution is 2.41. The van der Waals surface area contributed by atoms with Crippen LogP contribution in [0.1, 0.15) is 37.8 Å². The maximum atomic E-state index is 12.1. The van der Waals surface area contributed by atoms with Crippen molar-refractivity contribution >= 4 is 11.9 Å². The summed E-state index contributed by atoms with van der Waals surface area (Å²) in [4.78, 5) is 27.2. The van der Waals surface area contributed by atoms with Gasteiger partial charge >= 0.3 is 5.97 Å². The number of aliphatic carboxylic acids is 1. The Morgan fingerprint density at radius 2 is 2.22 bits per heavy atom. The molecule has 1 heterocycles. The number of hydrogen-bond acceptors (Lipinski definition) is 3. The second-order valence-electron chi connectivity index (χ2n) is 4.72. The summed E-state index contributed by atoms with van der Waals surface area (Å²) in [5.74, 6) is -1.41. The van der Waals surface area contributed by atoms with Crippen molar-refractivity contribution in [3.05, 3.63) is 30.1 Å². The molecule has 2 N–H and O–H groups in total. The summed E-state index contributed by atoms with van der Waals surface area (Å²) in [6.07, 6.45) is 4.96. The van der Waals surface area contributed by atoms with Crippen molar-refractivity contribution in [1.82, 2.24) is 10.3 Å². The van der Waals surface area contributed by atoms with E-state index in [1.54, 1.807) is 18.5 Å². The van der Waals surface area contributed by atoms with E-state index in [0.717, 1.165) is 12.0 Å². The Morgan fingerprint density at radius 3 is 2.67 bits per heavy atom. The van der Waals surface area contributed by atoms with E-state index in [1.165, 1.54) is 0 Å². The van der Waals surface area contributed by atoms with E-state index in [-0.39, 0.29) is 6.04 Å². The van der Waals surface area contributed by atoms with Gasteiger partial charge in [0.15, 0.2) is 0 Å². The molecule has 18 heavy (non-hydrogen) atoms. The van der Waals surface area contributed by atoms with Crippen molar-refractivity contribution in [2.45, 2.75) is 32.2 Å². The molecular formula is C13H16N2O3. The maximum Gasteiger partial charge on any atom is 0.319 e. The van der Waals surface area contributed by atoms with Crippen LogP contribution in [0.3, 0.4) is 0 Å². The van der Waals surface area contributed by atoms with Gasteiger partial charge in [-0.25, -0.2) is 0 Å². The van der Waals surface area contributed by atoms with Crippen molar-refractivity contribution in [3.63, 3.8) is 0 Å². The van der Waals surface area contributed by atoms with Crippen molar-refractivity contribution in [1.29, 1.82) is 0 Å². The average molecular weight is 248 g/mol. The number of hydrogen-bond donors (Lipinski definition) is 2. The molecular weight excluding hydrogens is 232 g/mol. The summed E-state index contributed by atoms with van der Waals surface area (Å²) < 4.78 is 0. The van der Waals surface area contributed by atoms with Crippen molar-refractivity contribution in [2.75, 3.05) is 0 Å². The van der Waals surface area contributed by atoms with Gasteiger partial charge in [-0.15, -0.1) is 0 Å². The number of carboxylic acid groups (broad SMARTS) is 1. The Hall–Kier alpha value is -1.91. The summed E-state index contributed by atoms with van der Waals surface area (Å²) in [5.41, 5.74) is -0.345. The van der Waals surface area contributed by atoms with Crippen molar-refractivity contribution in [2.24, 2.45) is 5.41 Å². The van der Waals surface area contributed by atoms with Gasteiger partial charge in [-0.1, -0.05) is 12.5 Å². The fourth-order valence-corrected chi connectivity index (χ4v) is 2.12. The van der Waals surface area contributed by atoms with Crippen LogP contribution in [-0.4, -0.2) is 22.0 Å². The van der Waals surface area contributed by atoms with Crippen LogP contribution in [0.5, 0.6) is 0 Å². The van der Waals surface area contributed by atoms with Crippen molar-refractivity contribution in [3.8, 4) is 0 Å². The number of rotatable bonds is 4. The molecule has 0 spiro atoms. The van der Waals surface area contributed by atoms with Crippen LogP contribution in [0.4, 0.5) is 0 Å². The van der Waals surface area contributed by atoms with Crippen LogP contribution in [0.2, 0.25) is 0 Å². The van der Waals surface area contributed by atoms with Gasteiger partial charge < -0.3 is 10.4 Å². The fraction of sp³-hybridized carbons (Fsp3) is 0.462. The summed E-state index contributed by atoms with van der Waals surface area (Å²) in [7, 11) is 0. The molecule has 5 heteroatoms. The summed E-state index contributed by atoms with van der Waals surface area (Å²) in [5, 5.41) is 11.9. The number of carboxylic acids is 1. The molecule has 0 aromatic carbocycles. The van der Waals surface area contributed by atoms with E-state index < -0.39 is 17.3 Å². The first-order valence-corrected chi connectivity index (χ1v) is 6.00. The van der Waals surface area contributed by atoms with E-state index in [4.69, 9.17) is 5.11 Å². The van der Waals surface area contributed by atoms with Gasteiger partial charge in [0, 0.05) is 12.4 Å². The highest BCUT2D eigenvalue weighted by atomic mass is 16.4. The largest absolute Gasteiger partial charge is 0.480 e. The molecule has 1 fully saturated rings. The first-order chi connectivity index (χ1) is 8.56. The third kappa shape index (κ3) is 2.08. The van der Waals surface area contributed by atoms with E-state index >= 15 is 0 Å². The lowest BCUT2D eigenvalue weighted by atomic mass is 9.68. The molecule has 1 unspecified atom stereocenters. The van der Waals surface area contributed by atoms with Crippen LogP contribution in [0.25, 0.3) is 0 Å². The lowest BCUT2D eigenvalue weighted by Gasteiger charge is -2.36. The first kappa shape index (κ1) is 12.5. The zero-order valence-corrected chi connectivity index (χ0v) is 10.2. The number of carbonyl (C=O) groups excluding carboxylic acids is 1. The molecule has 96 valence electrons. The molecule has 2 rings (SSSR count). The van der Waals surface area contributed by atoms with Crippen LogP contribution in [-0.2, 0) is 9.59 Å². The summed E-state index contributed by atoms with van der Waals surface area (Å²) >= 11 is 0. The number of amides is 1. The van der Waals surface area contributed by atoms with E-state index in [9.17, 15) is 9.59 Å². The number of nitrogens with one attached hydrogen (secondary N) is 1. The zero-order valence-electron chi connectivity index (χ0n) is 10.2. The SMILES string of the molecule is CC(NC(=O)C1(C(=O)O)CCC1)c1cccnc1. The highest BCUT2D eigenvalue weighted by molar-refractivity contribution is 6.02. The van der Waals surface area contributed by atoms with Gasteiger partial charge in [0.25, 0.3) is 0 Å². The number of nitrogens with zero attached hydrogens (tertiary/aromatic N) is 1. The smallest absolute Gasteiger partial charge is 0.319 e. The second-order valence-corrected chi connectivity index (χ2v) is 4.72. The average Bonchev–Trinajstić information content (AvgIpc) is 2.28. The van der Waals surface area contributed by atoms with E-state index in [1.807, 2.05) is 13.0 Å². The molecule has 1 aromatic rings. The quantitative estimate of drug-likeness (QED) is 0.792. The Bertz CT molecular complexity index is 455. The second kappa shape index (κ2) is 4.76. The van der Waals surface area contributed by atoms with Gasteiger partial charge in [0.2, 0.25) is 5.91 Å². The molecule has 0 saturated heterocycles. The lowest BCUT2D eigenvalue weighted by molar-refractivity contribution is -0.162. The first-order valence-electron chi connectivity index (χ1n) is 6.00. The molecule has 1 atom stereocenters. The minimum absolute atomic E-state index is 0.233. The number of pyridine rings is 1. The molecule has 0 radical (unpaired) electrons. The third-order valence-corrected chi connectivity index (χ3v) is 3.58. The van der Waals surface area contributed by atoms with Crippen molar-refractivity contribution < 1.29 is 14.7 Å². The molecule has 0 bridgehead atoms. The zero-order chi connectivity index (χ0) is 13.2. The van der Waals surface area contributed by atoms with Crippen LogP contribution >= 0.6 is 0 Å². The third-order valence-electron chi connectivity index (χ3n) is 3.58. The number of aromatic nitrogens is 1. The number of carbonyl (C=O) groups is 2. The predicted octanol–water partition coefficient (Wildman–Crippen LogP) is 1.51. The molecule has 1 amide bonds. The Morgan fingerprint density at radius 1 is 1.50 bits per heavy atom. The lowest BCUT2D eigenvalue weighted by Crippen LogP contribution is -2.51. The maximum absolute atomic E-state index is 12.1. The van der Waals surface area contributed by atoms with Gasteiger partial charge in [-0.3, -0.25) is 14.6 Å². The van der Waals surface area contributed by atoms with E-state index in [2.05, 4.69) is 10.3 Å². The predicted molar refractivity (Wildman–Crippen MR) is 64.7 cm³/mol. The van der Waals surface area contributed by atoms with Gasteiger partial charge in [-0.05, 0) is 31.4 Å². The Balaban J connectivity index is 2.06. The Kier molecular flexibility index (Phi) is 3.32. The fourth-order valence-electron chi connectivity index (χ4n) is 2.12. The standard InChI is InChI=1S/C13H16N2O3/c1-9(10-4-2-7-14-8-10)15-11(16)13(12(17)18)5-3-6-13/h2,4,7-9H,3,5-6H2,1H3,(H,15,16)(H,17,18). The minimum atomic E-state index is -1.21. The molecule has 5 nitrogen and oxygen atoms in total. The molecule has 1 saturated carbocycles. The summed E-state index contributed by atoms with van der Waals surface area (Å²) in [6, 6.07) is 3.41. The van der Waals surface area contributed by atoms with Crippen LogP contribution < -0.4 is 5.32 Å². The van der Waals surface area contributed by atoms with Gasteiger partial charge in [0.05, 0.1) is 6.04 Å². The molecule has 0 aliphatic heterocycles. The van der Waals surface area contributed by atoms with Crippen LogP contribution in [0, 0.1) is 5.41 Å². The molecule has 1 aliphatic rings. The topological polar surface area (TPSA) is 79.3 Å². The van der Waals surface area contributed by atoms with Crippen LogP contribution in [0.15, 0.2) is 24.5 Å². The Labute approximate surface area is 105 Å². The minimum Gasteiger partial charge on any atom is -0.480 e. The summed E-state index contributed by atoms with van der Waals surface area (Å²) in [6.45, 7) is 1.82. The molecule has 1 aromatic heterocycles.